The van der Waals surface area contributed by atoms with E-state index in [-0.39, 0.29) is 43.1 Å². The Morgan fingerprint density at radius 1 is 1.10 bits per heavy atom. The molecule has 29 heavy (non-hydrogen) atoms. The number of carbonyl (C=O) groups excluding carboxylic acids is 1. The van der Waals surface area contributed by atoms with Crippen LogP contribution in [-0.4, -0.2) is 49.0 Å². The van der Waals surface area contributed by atoms with Gasteiger partial charge in [-0.15, -0.1) is 37.2 Å². The summed E-state index contributed by atoms with van der Waals surface area (Å²) in [5.41, 5.74) is 8.40. The lowest BCUT2D eigenvalue weighted by atomic mass is 10.0. The summed E-state index contributed by atoms with van der Waals surface area (Å²) in [4.78, 5) is 21.2. The van der Waals surface area contributed by atoms with Crippen molar-refractivity contribution in [2.24, 2.45) is 0 Å². The minimum atomic E-state index is -0.0816. The molecule has 1 aromatic heterocycles. The Labute approximate surface area is 191 Å². The highest BCUT2D eigenvalue weighted by molar-refractivity contribution is 5.91. The van der Waals surface area contributed by atoms with E-state index in [1.54, 1.807) is 12.1 Å². The Kier molecular flexibility index (Phi) is 12.0. The molecule has 0 atom stereocenters. The maximum absolute atomic E-state index is 12.2. The van der Waals surface area contributed by atoms with Crippen molar-refractivity contribution in [1.29, 1.82) is 0 Å². The Morgan fingerprint density at radius 3 is 2.24 bits per heavy atom. The lowest BCUT2D eigenvalue weighted by Crippen LogP contribution is -2.42. The van der Waals surface area contributed by atoms with Gasteiger partial charge in [0.25, 0.3) is 0 Å². The highest BCUT2D eigenvalue weighted by Gasteiger charge is 2.20. The molecule has 0 unspecified atom stereocenters. The molecule has 9 heteroatoms. The summed E-state index contributed by atoms with van der Waals surface area (Å²) in [6, 6.07) is 11.9. The summed E-state index contributed by atoms with van der Waals surface area (Å²) in [7, 11) is 4.29. The van der Waals surface area contributed by atoms with Gasteiger partial charge in [-0.1, -0.05) is 12.1 Å². The van der Waals surface area contributed by atoms with Crippen LogP contribution in [-0.2, 0) is 11.2 Å². The third-order valence-electron chi connectivity index (χ3n) is 4.92. The van der Waals surface area contributed by atoms with Gasteiger partial charge >= 0.3 is 0 Å². The molecule has 2 aromatic rings. The highest BCUT2D eigenvalue weighted by atomic mass is 35.5. The SMILES string of the molecule is CN(C)C1CCN(c2ccc(NC(=O)Cc3ccc(N)cc3)nc2)CC1.Cl.Cl.Cl. The molecular formula is C20H30Cl3N5O. The number of halogens is 3. The number of hydrogen-bond donors (Lipinski definition) is 2. The zero-order valence-corrected chi connectivity index (χ0v) is 19.2. The number of piperidine rings is 1. The van der Waals surface area contributed by atoms with Gasteiger partial charge in [0.1, 0.15) is 5.82 Å². The Morgan fingerprint density at radius 2 is 1.72 bits per heavy atom. The quantitative estimate of drug-likeness (QED) is 0.664. The highest BCUT2D eigenvalue weighted by Crippen LogP contribution is 2.22. The van der Waals surface area contributed by atoms with E-state index in [9.17, 15) is 4.79 Å². The molecule has 0 spiro atoms. The van der Waals surface area contributed by atoms with Gasteiger partial charge in [0.15, 0.2) is 0 Å². The van der Waals surface area contributed by atoms with Crippen molar-refractivity contribution in [3.05, 3.63) is 48.2 Å². The van der Waals surface area contributed by atoms with Gasteiger partial charge in [-0.3, -0.25) is 4.79 Å². The largest absolute Gasteiger partial charge is 0.399 e. The van der Waals surface area contributed by atoms with Gasteiger partial charge in [-0.2, -0.15) is 0 Å². The number of amides is 1. The Bertz CT molecular complexity index is 733. The van der Waals surface area contributed by atoms with Crippen LogP contribution in [0.4, 0.5) is 17.2 Å². The lowest BCUT2D eigenvalue weighted by molar-refractivity contribution is -0.115. The van der Waals surface area contributed by atoms with Crippen LogP contribution in [0.15, 0.2) is 42.6 Å². The topological polar surface area (TPSA) is 74.5 Å². The van der Waals surface area contributed by atoms with E-state index >= 15 is 0 Å². The molecule has 1 fully saturated rings. The smallest absolute Gasteiger partial charge is 0.229 e. The summed E-state index contributed by atoms with van der Waals surface area (Å²) in [5.74, 6) is 0.499. The molecule has 3 rings (SSSR count). The second-order valence-electron chi connectivity index (χ2n) is 7.05. The van der Waals surface area contributed by atoms with Crippen molar-refractivity contribution in [2.75, 3.05) is 43.1 Å². The molecule has 1 aliphatic rings. The summed E-state index contributed by atoms with van der Waals surface area (Å²) in [6.07, 6.45) is 4.47. The molecule has 6 nitrogen and oxygen atoms in total. The number of aromatic nitrogens is 1. The molecule has 1 aromatic carbocycles. The summed E-state index contributed by atoms with van der Waals surface area (Å²) >= 11 is 0. The number of nitrogens with one attached hydrogen (secondary N) is 1. The molecular weight excluding hydrogens is 433 g/mol. The van der Waals surface area contributed by atoms with E-state index < -0.39 is 0 Å². The van der Waals surface area contributed by atoms with Crippen LogP contribution in [0.3, 0.4) is 0 Å². The van der Waals surface area contributed by atoms with Crippen molar-refractivity contribution >= 4 is 60.3 Å². The maximum Gasteiger partial charge on any atom is 0.229 e. The number of benzene rings is 1. The van der Waals surface area contributed by atoms with Gasteiger partial charge in [-0.05, 0) is 56.8 Å². The molecule has 1 saturated heterocycles. The van der Waals surface area contributed by atoms with Crippen molar-refractivity contribution in [2.45, 2.75) is 25.3 Å². The number of nitrogen functional groups attached to an aromatic ring is 1. The molecule has 0 bridgehead atoms. The van der Waals surface area contributed by atoms with Crippen LogP contribution in [0, 0.1) is 0 Å². The van der Waals surface area contributed by atoms with Crippen LogP contribution in [0.1, 0.15) is 18.4 Å². The first kappa shape index (κ1) is 27.3. The zero-order valence-electron chi connectivity index (χ0n) is 16.7. The molecule has 0 radical (unpaired) electrons. The van der Waals surface area contributed by atoms with E-state index in [0.29, 0.717) is 24.0 Å². The number of nitrogens with zero attached hydrogens (tertiary/aromatic N) is 3. The molecule has 3 N–H and O–H groups in total. The number of pyridine rings is 1. The van der Waals surface area contributed by atoms with E-state index in [1.165, 1.54) is 0 Å². The summed E-state index contributed by atoms with van der Waals surface area (Å²) in [5, 5.41) is 2.85. The predicted molar refractivity (Wildman–Crippen MR) is 128 cm³/mol. The second-order valence-corrected chi connectivity index (χ2v) is 7.05. The fourth-order valence-corrected chi connectivity index (χ4v) is 3.30. The van der Waals surface area contributed by atoms with Crippen LogP contribution in [0.5, 0.6) is 0 Å². The predicted octanol–water partition coefficient (Wildman–Crippen LogP) is 3.64. The second kappa shape index (κ2) is 12.8. The van der Waals surface area contributed by atoms with Crippen molar-refractivity contribution < 1.29 is 4.79 Å². The van der Waals surface area contributed by atoms with E-state index in [4.69, 9.17) is 5.73 Å². The standard InChI is InChI=1S/C20H27N5O.3ClH/c1-24(2)17-9-11-25(12-10-17)18-7-8-19(22-14-18)23-20(26)13-15-3-5-16(21)6-4-15;;;/h3-8,14,17H,9-13,21H2,1-2H3,(H,22,23,26);3*1H. The molecule has 162 valence electrons. The van der Waals surface area contributed by atoms with Gasteiger partial charge in [0.05, 0.1) is 18.3 Å². The van der Waals surface area contributed by atoms with E-state index in [0.717, 1.165) is 37.2 Å². The van der Waals surface area contributed by atoms with Gasteiger partial charge < -0.3 is 20.9 Å². The number of nitrogens with two attached hydrogens (primary N) is 1. The van der Waals surface area contributed by atoms with E-state index in [1.807, 2.05) is 30.5 Å². The Balaban J connectivity index is 0.00000261. The fraction of sp³-hybridized carbons (Fsp3) is 0.400. The zero-order chi connectivity index (χ0) is 18.5. The normalized spacial score (nSPS) is 13.7. The van der Waals surface area contributed by atoms with Crippen LogP contribution in [0.25, 0.3) is 0 Å². The van der Waals surface area contributed by atoms with Crippen molar-refractivity contribution in [1.82, 2.24) is 9.88 Å². The average molecular weight is 463 g/mol. The lowest BCUT2D eigenvalue weighted by Gasteiger charge is -2.36. The number of rotatable bonds is 5. The summed E-state index contributed by atoms with van der Waals surface area (Å²) in [6.45, 7) is 2.07. The third-order valence-corrected chi connectivity index (χ3v) is 4.92. The van der Waals surface area contributed by atoms with Crippen LogP contribution < -0.4 is 16.0 Å². The van der Waals surface area contributed by atoms with E-state index in [2.05, 4.69) is 34.2 Å². The maximum atomic E-state index is 12.2. The third kappa shape index (κ3) is 7.90. The number of hydrogen-bond acceptors (Lipinski definition) is 5. The Hall–Kier alpha value is -1.73. The molecule has 0 saturated carbocycles. The average Bonchev–Trinajstić information content (AvgIpc) is 2.64. The summed E-state index contributed by atoms with van der Waals surface area (Å²) < 4.78 is 0. The van der Waals surface area contributed by atoms with Crippen molar-refractivity contribution in [3.8, 4) is 0 Å². The van der Waals surface area contributed by atoms with Crippen LogP contribution >= 0.6 is 37.2 Å². The first-order valence-corrected chi connectivity index (χ1v) is 9.03. The monoisotopic (exact) mass is 461 g/mol. The number of anilines is 3. The van der Waals surface area contributed by atoms with Gasteiger partial charge in [0.2, 0.25) is 5.91 Å². The van der Waals surface area contributed by atoms with Gasteiger partial charge in [-0.25, -0.2) is 4.98 Å². The molecule has 0 aliphatic carbocycles. The van der Waals surface area contributed by atoms with Crippen LogP contribution in [0.2, 0.25) is 0 Å². The molecule has 2 heterocycles. The van der Waals surface area contributed by atoms with Gasteiger partial charge in [0, 0.05) is 24.8 Å². The van der Waals surface area contributed by atoms with Crippen molar-refractivity contribution in [3.63, 3.8) is 0 Å². The minimum Gasteiger partial charge on any atom is -0.399 e. The number of carbonyl (C=O) groups is 1. The molecule has 1 aliphatic heterocycles. The first-order valence-electron chi connectivity index (χ1n) is 9.03. The first-order chi connectivity index (χ1) is 12.5. The molecule has 1 amide bonds. The fourth-order valence-electron chi connectivity index (χ4n) is 3.30. The minimum absolute atomic E-state index is 0.